The first kappa shape index (κ1) is 24.8. The summed E-state index contributed by atoms with van der Waals surface area (Å²) in [4.78, 5) is 27.4. The van der Waals surface area contributed by atoms with E-state index < -0.39 is 6.04 Å². The second kappa shape index (κ2) is 11.2. The van der Waals surface area contributed by atoms with Crippen LogP contribution in [-0.4, -0.2) is 29.3 Å². The monoisotopic (exact) mass is 488 g/mol. The highest BCUT2D eigenvalue weighted by Crippen LogP contribution is 2.28. The van der Waals surface area contributed by atoms with Gasteiger partial charge in [-0.15, -0.1) is 0 Å². The number of carbonyl (C=O) groups excluding carboxylic acids is 2. The molecule has 4 nitrogen and oxygen atoms in total. The highest BCUT2D eigenvalue weighted by atomic mass is 35.5. The topological polar surface area (TPSA) is 49.4 Å². The molecule has 0 spiro atoms. The SMILES string of the molecule is CC(C)CNC(=O)[C@H](C)N(Cc1c(Cl)cccc1Cl)C(=O)Cc1ccc(Cl)cc1Cl. The van der Waals surface area contributed by atoms with Crippen molar-refractivity contribution in [1.29, 1.82) is 0 Å². The summed E-state index contributed by atoms with van der Waals surface area (Å²) in [6, 6.07) is 9.36. The molecule has 0 saturated heterocycles. The van der Waals surface area contributed by atoms with E-state index in [-0.39, 0.29) is 30.7 Å². The van der Waals surface area contributed by atoms with Crippen molar-refractivity contribution in [1.82, 2.24) is 10.2 Å². The second-order valence-corrected chi connectivity index (χ2v) is 9.11. The molecule has 162 valence electrons. The first-order chi connectivity index (χ1) is 14.1. The van der Waals surface area contributed by atoms with Gasteiger partial charge in [0.15, 0.2) is 0 Å². The smallest absolute Gasteiger partial charge is 0.242 e. The van der Waals surface area contributed by atoms with Gasteiger partial charge in [0.05, 0.1) is 6.42 Å². The molecule has 0 saturated carbocycles. The highest BCUT2D eigenvalue weighted by molar-refractivity contribution is 6.36. The zero-order valence-electron chi connectivity index (χ0n) is 17.0. The summed E-state index contributed by atoms with van der Waals surface area (Å²) in [5.41, 5.74) is 1.20. The number of hydrogen-bond donors (Lipinski definition) is 1. The molecule has 0 aromatic heterocycles. The van der Waals surface area contributed by atoms with Crippen LogP contribution in [0.25, 0.3) is 0 Å². The van der Waals surface area contributed by atoms with Crippen LogP contribution in [0.2, 0.25) is 20.1 Å². The van der Waals surface area contributed by atoms with Crippen molar-refractivity contribution in [3.05, 3.63) is 67.6 Å². The fraction of sp³-hybridized carbons (Fsp3) is 0.364. The fourth-order valence-corrected chi connectivity index (χ4v) is 3.81. The predicted octanol–water partition coefficient (Wildman–Crippen LogP) is 6.03. The lowest BCUT2D eigenvalue weighted by Crippen LogP contribution is -2.48. The Balaban J connectivity index is 2.31. The zero-order chi connectivity index (χ0) is 22.4. The van der Waals surface area contributed by atoms with E-state index in [1.165, 1.54) is 4.90 Å². The second-order valence-electron chi connectivity index (χ2n) is 7.45. The number of halogens is 4. The molecule has 30 heavy (non-hydrogen) atoms. The van der Waals surface area contributed by atoms with E-state index >= 15 is 0 Å². The van der Waals surface area contributed by atoms with Gasteiger partial charge < -0.3 is 10.2 Å². The van der Waals surface area contributed by atoms with Crippen molar-refractivity contribution in [2.75, 3.05) is 6.54 Å². The van der Waals surface area contributed by atoms with Crippen LogP contribution in [0.1, 0.15) is 31.9 Å². The van der Waals surface area contributed by atoms with Crippen molar-refractivity contribution in [2.45, 2.75) is 39.8 Å². The van der Waals surface area contributed by atoms with Crippen molar-refractivity contribution in [3.8, 4) is 0 Å². The summed E-state index contributed by atoms with van der Waals surface area (Å²) in [6.07, 6.45) is 0.0138. The van der Waals surface area contributed by atoms with Crippen LogP contribution in [-0.2, 0) is 22.6 Å². The maximum absolute atomic E-state index is 13.2. The number of hydrogen-bond acceptors (Lipinski definition) is 2. The van der Waals surface area contributed by atoms with E-state index in [2.05, 4.69) is 5.32 Å². The highest BCUT2D eigenvalue weighted by Gasteiger charge is 2.28. The molecule has 0 heterocycles. The van der Waals surface area contributed by atoms with Gasteiger partial charge in [-0.05, 0) is 42.7 Å². The zero-order valence-corrected chi connectivity index (χ0v) is 20.0. The first-order valence-electron chi connectivity index (χ1n) is 9.54. The van der Waals surface area contributed by atoms with E-state index in [0.717, 1.165) is 0 Å². The van der Waals surface area contributed by atoms with E-state index in [9.17, 15) is 9.59 Å². The summed E-state index contributed by atoms with van der Waals surface area (Å²) < 4.78 is 0. The van der Waals surface area contributed by atoms with Crippen molar-refractivity contribution in [3.63, 3.8) is 0 Å². The van der Waals surface area contributed by atoms with Crippen LogP contribution < -0.4 is 5.32 Å². The Kier molecular flexibility index (Phi) is 9.30. The minimum Gasteiger partial charge on any atom is -0.354 e. The van der Waals surface area contributed by atoms with Crippen LogP contribution in [0.4, 0.5) is 0 Å². The van der Waals surface area contributed by atoms with Gasteiger partial charge in [-0.1, -0.05) is 72.4 Å². The summed E-state index contributed by atoms with van der Waals surface area (Å²) in [5.74, 6) is -0.235. The third-order valence-corrected chi connectivity index (χ3v) is 5.89. The molecule has 2 rings (SSSR count). The Morgan fingerprint density at radius 3 is 2.17 bits per heavy atom. The number of nitrogens with zero attached hydrogens (tertiary/aromatic N) is 1. The van der Waals surface area contributed by atoms with Gasteiger partial charge in [0.25, 0.3) is 0 Å². The van der Waals surface area contributed by atoms with Gasteiger partial charge in [-0.3, -0.25) is 9.59 Å². The third-order valence-electron chi connectivity index (χ3n) is 4.60. The summed E-state index contributed by atoms with van der Waals surface area (Å²) in [7, 11) is 0. The predicted molar refractivity (Wildman–Crippen MR) is 124 cm³/mol. The minimum absolute atomic E-state index is 0.0138. The van der Waals surface area contributed by atoms with Crippen LogP contribution in [0.5, 0.6) is 0 Å². The standard InChI is InChI=1S/C22H24Cl4N2O2/c1-13(2)11-27-22(30)14(3)28(12-17-18(24)5-4-6-19(17)25)21(29)9-15-7-8-16(23)10-20(15)26/h4-8,10,13-14H,9,11-12H2,1-3H3,(H,27,30)/t14-/m0/s1. The Bertz CT molecular complexity index is 898. The van der Waals surface area contributed by atoms with E-state index in [1.807, 2.05) is 13.8 Å². The van der Waals surface area contributed by atoms with Gasteiger partial charge >= 0.3 is 0 Å². The lowest BCUT2D eigenvalue weighted by molar-refractivity contribution is -0.140. The van der Waals surface area contributed by atoms with Gasteiger partial charge in [0.1, 0.15) is 6.04 Å². The maximum atomic E-state index is 13.2. The van der Waals surface area contributed by atoms with Crippen molar-refractivity contribution in [2.24, 2.45) is 5.92 Å². The lowest BCUT2D eigenvalue weighted by atomic mass is 10.1. The van der Waals surface area contributed by atoms with E-state index in [0.29, 0.717) is 37.8 Å². The number of carbonyl (C=O) groups is 2. The van der Waals surface area contributed by atoms with E-state index in [1.54, 1.807) is 43.3 Å². The minimum atomic E-state index is -0.727. The average Bonchev–Trinajstić information content (AvgIpc) is 2.67. The van der Waals surface area contributed by atoms with Crippen molar-refractivity contribution < 1.29 is 9.59 Å². The molecular weight excluding hydrogens is 466 g/mol. The Hall–Kier alpha value is -1.46. The van der Waals surface area contributed by atoms with Gasteiger partial charge in [-0.2, -0.15) is 0 Å². The quantitative estimate of drug-likeness (QED) is 0.491. The molecule has 0 fully saturated rings. The summed E-state index contributed by atoms with van der Waals surface area (Å²) in [5, 5.41) is 4.61. The molecule has 2 aromatic rings. The van der Waals surface area contributed by atoms with Gasteiger partial charge in [-0.25, -0.2) is 0 Å². The lowest BCUT2D eigenvalue weighted by Gasteiger charge is -2.30. The third kappa shape index (κ3) is 6.78. The van der Waals surface area contributed by atoms with Crippen LogP contribution in [0.15, 0.2) is 36.4 Å². The summed E-state index contributed by atoms with van der Waals surface area (Å²) >= 11 is 24.8. The largest absolute Gasteiger partial charge is 0.354 e. The van der Waals surface area contributed by atoms with Crippen LogP contribution in [0.3, 0.4) is 0 Å². The van der Waals surface area contributed by atoms with Gasteiger partial charge in [0.2, 0.25) is 11.8 Å². The molecule has 2 amide bonds. The molecule has 0 bridgehead atoms. The first-order valence-corrected chi connectivity index (χ1v) is 11.0. The normalized spacial score (nSPS) is 12.0. The van der Waals surface area contributed by atoms with Gasteiger partial charge in [0, 0.05) is 38.7 Å². The molecule has 1 atom stereocenters. The summed E-state index contributed by atoms with van der Waals surface area (Å²) in [6.45, 7) is 6.29. The van der Waals surface area contributed by atoms with Crippen molar-refractivity contribution >= 4 is 58.2 Å². The van der Waals surface area contributed by atoms with Crippen LogP contribution in [0, 0.1) is 5.92 Å². The molecule has 0 aliphatic heterocycles. The fourth-order valence-electron chi connectivity index (χ4n) is 2.82. The number of amides is 2. The molecule has 0 unspecified atom stereocenters. The number of rotatable bonds is 8. The maximum Gasteiger partial charge on any atom is 0.242 e. The Morgan fingerprint density at radius 1 is 0.967 bits per heavy atom. The number of nitrogens with one attached hydrogen (secondary N) is 1. The van der Waals surface area contributed by atoms with Crippen LogP contribution >= 0.6 is 46.4 Å². The number of benzene rings is 2. The molecule has 0 radical (unpaired) electrons. The Morgan fingerprint density at radius 2 is 1.60 bits per heavy atom. The van der Waals surface area contributed by atoms with E-state index in [4.69, 9.17) is 46.4 Å². The molecule has 0 aliphatic rings. The molecule has 0 aliphatic carbocycles. The molecule has 2 aromatic carbocycles. The molecule has 8 heteroatoms. The molecular formula is C22H24Cl4N2O2. The molecule has 1 N–H and O–H groups in total. The average molecular weight is 490 g/mol. The Labute approximate surface area is 197 Å².